The molecule has 3 aliphatic rings. The average molecular weight is 229 g/mol. The standard InChI is InChI=1S/C14H19N3/c1-2-7-13-12(6-1)16-14(17-13)10-4-3-5-11(14)9-15-8-10/h1-2,6-7,10-11,15-17H,3-5,8-9H2. The topological polar surface area (TPSA) is 36.1 Å². The molecule has 2 aliphatic heterocycles. The van der Waals surface area contributed by atoms with Crippen LogP contribution < -0.4 is 16.0 Å². The van der Waals surface area contributed by atoms with Crippen molar-refractivity contribution in [3.63, 3.8) is 0 Å². The van der Waals surface area contributed by atoms with Gasteiger partial charge in [0, 0.05) is 24.9 Å². The van der Waals surface area contributed by atoms with Crippen LogP contribution in [-0.2, 0) is 0 Å². The Morgan fingerprint density at radius 3 is 2.12 bits per heavy atom. The van der Waals surface area contributed by atoms with Gasteiger partial charge >= 0.3 is 0 Å². The zero-order valence-electron chi connectivity index (χ0n) is 10.00. The van der Waals surface area contributed by atoms with Gasteiger partial charge in [0.15, 0.2) is 0 Å². The van der Waals surface area contributed by atoms with Gasteiger partial charge in [-0.2, -0.15) is 0 Å². The predicted octanol–water partition coefficient (Wildman–Crippen LogP) is 2.24. The summed E-state index contributed by atoms with van der Waals surface area (Å²) in [5, 5.41) is 11.2. The number of nitrogens with one attached hydrogen (secondary N) is 3. The van der Waals surface area contributed by atoms with E-state index in [4.69, 9.17) is 0 Å². The van der Waals surface area contributed by atoms with Crippen LogP contribution in [0.2, 0.25) is 0 Å². The summed E-state index contributed by atoms with van der Waals surface area (Å²) in [7, 11) is 0. The third kappa shape index (κ3) is 1.26. The Bertz CT molecular complexity index is 394. The molecule has 2 heterocycles. The average Bonchev–Trinajstić information content (AvgIpc) is 2.67. The molecular formula is C14H19N3. The number of anilines is 2. The van der Waals surface area contributed by atoms with E-state index in [1.165, 1.54) is 30.6 Å². The van der Waals surface area contributed by atoms with Crippen LogP contribution >= 0.6 is 0 Å². The van der Waals surface area contributed by atoms with Gasteiger partial charge in [-0.25, -0.2) is 0 Å². The largest absolute Gasteiger partial charge is 0.361 e. The van der Waals surface area contributed by atoms with Crippen LogP contribution in [0, 0.1) is 11.8 Å². The van der Waals surface area contributed by atoms with Crippen LogP contribution in [0.5, 0.6) is 0 Å². The maximum atomic E-state index is 3.80. The van der Waals surface area contributed by atoms with Crippen LogP contribution in [0.3, 0.4) is 0 Å². The molecule has 1 saturated heterocycles. The zero-order valence-corrected chi connectivity index (χ0v) is 10.00. The van der Waals surface area contributed by atoms with Crippen molar-refractivity contribution in [2.75, 3.05) is 23.7 Å². The highest BCUT2D eigenvalue weighted by Crippen LogP contribution is 2.48. The fourth-order valence-electron chi connectivity index (χ4n) is 3.94. The number of para-hydroxylation sites is 2. The molecule has 1 spiro atoms. The molecule has 2 atom stereocenters. The second kappa shape index (κ2) is 3.39. The minimum absolute atomic E-state index is 0.132. The van der Waals surface area contributed by atoms with E-state index in [2.05, 4.69) is 40.2 Å². The lowest BCUT2D eigenvalue weighted by atomic mass is 9.69. The molecular weight excluding hydrogens is 210 g/mol. The van der Waals surface area contributed by atoms with E-state index in [0.29, 0.717) is 11.8 Å². The summed E-state index contributed by atoms with van der Waals surface area (Å²) in [6.07, 6.45) is 4.05. The van der Waals surface area contributed by atoms with Gasteiger partial charge in [0.1, 0.15) is 5.66 Å². The molecule has 2 bridgehead atoms. The molecule has 3 N–H and O–H groups in total. The summed E-state index contributed by atoms with van der Waals surface area (Å²) in [5.41, 5.74) is 2.70. The van der Waals surface area contributed by atoms with Crippen molar-refractivity contribution in [2.45, 2.75) is 24.9 Å². The van der Waals surface area contributed by atoms with Gasteiger partial charge < -0.3 is 16.0 Å². The van der Waals surface area contributed by atoms with E-state index in [1.54, 1.807) is 0 Å². The Balaban J connectivity index is 1.75. The third-order valence-corrected chi connectivity index (χ3v) is 4.78. The molecule has 4 rings (SSSR count). The first-order valence-corrected chi connectivity index (χ1v) is 6.74. The first-order chi connectivity index (χ1) is 8.38. The highest BCUT2D eigenvalue weighted by molar-refractivity contribution is 5.76. The predicted molar refractivity (Wildman–Crippen MR) is 70.1 cm³/mol. The summed E-state index contributed by atoms with van der Waals surface area (Å²) in [5.74, 6) is 1.42. The zero-order chi connectivity index (χ0) is 11.3. The van der Waals surface area contributed by atoms with Crippen molar-refractivity contribution >= 4 is 11.4 Å². The molecule has 1 aromatic carbocycles. The number of rotatable bonds is 0. The molecule has 1 saturated carbocycles. The second-order valence-corrected chi connectivity index (χ2v) is 5.65. The van der Waals surface area contributed by atoms with E-state index in [-0.39, 0.29) is 5.66 Å². The van der Waals surface area contributed by atoms with Crippen LogP contribution in [-0.4, -0.2) is 18.8 Å². The lowest BCUT2D eigenvalue weighted by molar-refractivity contribution is 0.117. The molecule has 3 nitrogen and oxygen atoms in total. The molecule has 0 aromatic heterocycles. The Hall–Kier alpha value is -1.22. The molecule has 90 valence electrons. The molecule has 1 aliphatic carbocycles. The molecule has 0 radical (unpaired) electrons. The van der Waals surface area contributed by atoms with Crippen LogP contribution in [0.1, 0.15) is 19.3 Å². The normalized spacial score (nSPS) is 32.7. The summed E-state index contributed by atoms with van der Waals surface area (Å²) < 4.78 is 0. The molecule has 0 amide bonds. The van der Waals surface area contributed by atoms with Gasteiger partial charge in [-0.3, -0.25) is 0 Å². The van der Waals surface area contributed by atoms with Crippen molar-refractivity contribution in [1.29, 1.82) is 0 Å². The minimum Gasteiger partial charge on any atom is -0.361 e. The summed E-state index contributed by atoms with van der Waals surface area (Å²) >= 11 is 0. The van der Waals surface area contributed by atoms with Crippen LogP contribution in [0.4, 0.5) is 11.4 Å². The van der Waals surface area contributed by atoms with Gasteiger partial charge in [0.05, 0.1) is 11.4 Å². The lowest BCUT2D eigenvalue weighted by Gasteiger charge is -2.51. The summed E-state index contributed by atoms with van der Waals surface area (Å²) in [4.78, 5) is 0. The molecule has 3 heteroatoms. The third-order valence-electron chi connectivity index (χ3n) is 4.78. The van der Waals surface area contributed by atoms with E-state index in [0.717, 1.165) is 13.1 Å². The monoisotopic (exact) mass is 229 g/mol. The van der Waals surface area contributed by atoms with Crippen molar-refractivity contribution in [3.05, 3.63) is 24.3 Å². The number of benzene rings is 1. The van der Waals surface area contributed by atoms with Gasteiger partial charge in [0.2, 0.25) is 0 Å². The SMILES string of the molecule is c1ccc2c(c1)NC1(N2)C2CCCC1CNC2. The number of fused-ring (bicyclic) bond motifs is 1. The number of hydrogen-bond acceptors (Lipinski definition) is 3. The molecule has 2 fully saturated rings. The Morgan fingerprint density at radius 1 is 0.941 bits per heavy atom. The maximum Gasteiger partial charge on any atom is 0.116 e. The highest BCUT2D eigenvalue weighted by atomic mass is 15.3. The second-order valence-electron chi connectivity index (χ2n) is 5.65. The van der Waals surface area contributed by atoms with Crippen molar-refractivity contribution in [2.24, 2.45) is 11.8 Å². The van der Waals surface area contributed by atoms with Crippen molar-refractivity contribution < 1.29 is 0 Å². The highest BCUT2D eigenvalue weighted by Gasteiger charge is 2.52. The molecule has 1 aromatic rings. The van der Waals surface area contributed by atoms with Crippen molar-refractivity contribution in [3.8, 4) is 0 Å². The lowest BCUT2D eigenvalue weighted by Crippen LogP contribution is -2.65. The fraction of sp³-hybridized carbons (Fsp3) is 0.571. The summed E-state index contributed by atoms with van der Waals surface area (Å²) in [6, 6.07) is 8.61. The van der Waals surface area contributed by atoms with E-state index < -0.39 is 0 Å². The van der Waals surface area contributed by atoms with Gasteiger partial charge in [0.25, 0.3) is 0 Å². The van der Waals surface area contributed by atoms with Gasteiger partial charge in [-0.05, 0) is 25.0 Å². The quantitative estimate of drug-likeness (QED) is 0.638. The van der Waals surface area contributed by atoms with Gasteiger partial charge in [-0.1, -0.05) is 18.6 Å². The first-order valence-electron chi connectivity index (χ1n) is 6.74. The van der Waals surface area contributed by atoms with Crippen LogP contribution in [0.25, 0.3) is 0 Å². The molecule has 17 heavy (non-hydrogen) atoms. The van der Waals surface area contributed by atoms with E-state index in [9.17, 15) is 0 Å². The molecule has 2 unspecified atom stereocenters. The van der Waals surface area contributed by atoms with Crippen molar-refractivity contribution in [1.82, 2.24) is 5.32 Å². The smallest absolute Gasteiger partial charge is 0.116 e. The van der Waals surface area contributed by atoms with Crippen LogP contribution in [0.15, 0.2) is 24.3 Å². The number of piperidine rings is 1. The summed E-state index contributed by atoms with van der Waals surface area (Å²) in [6.45, 7) is 2.29. The maximum absolute atomic E-state index is 3.80. The number of hydrogen-bond donors (Lipinski definition) is 3. The first kappa shape index (κ1) is 9.77. The van der Waals surface area contributed by atoms with E-state index >= 15 is 0 Å². The van der Waals surface area contributed by atoms with E-state index in [1.807, 2.05) is 0 Å². The Morgan fingerprint density at radius 2 is 1.53 bits per heavy atom. The minimum atomic E-state index is 0.132. The Kier molecular flexibility index (Phi) is 1.95. The fourth-order valence-corrected chi connectivity index (χ4v) is 3.94. The van der Waals surface area contributed by atoms with Gasteiger partial charge in [-0.15, -0.1) is 0 Å². The Labute approximate surface area is 102 Å².